The van der Waals surface area contributed by atoms with Crippen LogP contribution in [0.3, 0.4) is 0 Å². The predicted molar refractivity (Wildman–Crippen MR) is 307 cm³/mol. The smallest absolute Gasteiger partial charge is 0.305 e. The Morgan fingerprint density at radius 2 is 0.608 bits per heavy atom. The molecule has 11 heteroatoms. The second kappa shape index (κ2) is 60.5. The molecule has 0 aliphatic carbocycles. The van der Waals surface area contributed by atoms with Gasteiger partial charge >= 0.3 is 17.9 Å². The molecule has 11 nitrogen and oxygen atoms in total. The summed E-state index contributed by atoms with van der Waals surface area (Å²) < 4.78 is 24.2. The van der Waals surface area contributed by atoms with Crippen LogP contribution in [0.25, 0.3) is 0 Å². The fraction of sp³-hybridized carbons (Fsp3) is 0.762. The van der Waals surface area contributed by atoms with Crippen molar-refractivity contribution in [2.75, 3.05) is 41.2 Å². The number of rotatable bonds is 49. The average molecular weight is 1050 g/mol. The molecule has 2 aliphatic heterocycles. The maximum atomic E-state index is 10.9. The van der Waals surface area contributed by atoms with Crippen molar-refractivity contribution in [1.29, 1.82) is 0 Å². The molecule has 0 amide bonds. The Morgan fingerprint density at radius 3 is 0.838 bits per heavy atom. The second-order valence-corrected chi connectivity index (χ2v) is 19.8. The Hall–Kier alpha value is -3.35. The molecule has 0 radical (unpaired) electrons. The molecule has 2 heterocycles. The molecule has 2 unspecified atom stereocenters. The predicted octanol–water partition coefficient (Wildman–Crippen LogP) is 15.4. The first-order valence-corrected chi connectivity index (χ1v) is 29.5. The van der Waals surface area contributed by atoms with Gasteiger partial charge in [0.1, 0.15) is 0 Å². The molecular weight excluding hydrogens is 933 g/mol. The molecule has 4 N–H and O–H groups in total. The SMILES string of the molecule is COC(=O)CCC/C=C\CCCCCCC/C=C\CCCC1CO1.COC(=O)CCC/C=C\CCCCCCC/C=C\CCCC1CO1.COC(=O)CCC/C=C\CCCCCCC/C=C\CCC[C@H](O)CO.O. The van der Waals surface area contributed by atoms with E-state index in [2.05, 4.69) is 87.1 Å². The zero-order chi connectivity index (χ0) is 53.2. The van der Waals surface area contributed by atoms with Crippen molar-refractivity contribution >= 4 is 17.9 Å². The molecule has 0 aromatic heterocycles. The number of esters is 3. The summed E-state index contributed by atoms with van der Waals surface area (Å²) in [5.41, 5.74) is 0. The quantitative estimate of drug-likeness (QED) is 0.0196. The van der Waals surface area contributed by atoms with Crippen LogP contribution >= 0.6 is 0 Å². The summed E-state index contributed by atoms with van der Waals surface area (Å²) in [5.74, 6) is -0.332. The zero-order valence-electron chi connectivity index (χ0n) is 47.5. The Labute approximate surface area is 452 Å². The van der Waals surface area contributed by atoms with Crippen molar-refractivity contribution < 1.29 is 53.8 Å². The van der Waals surface area contributed by atoms with E-state index in [1.54, 1.807) is 0 Å². The van der Waals surface area contributed by atoms with E-state index in [1.807, 2.05) is 0 Å². The van der Waals surface area contributed by atoms with Gasteiger partial charge in [-0.1, -0.05) is 131 Å². The summed E-state index contributed by atoms with van der Waals surface area (Å²) in [5, 5.41) is 17.9. The molecule has 2 saturated heterocycles. The molecule has 0 bridgehead atoms. The first kappa shape index (κ1) is 72.7. The van der Waals surface area contributed by atoms with Gasteiger partial charge in [0.05, 0.1) is 59.5 Å². The highest BCUT2D eigenvalue weighted by Crippen LogP contribution is 2.18. The van der Waals surface area contributed by atoms with Gasteiger partial charge in [-0.05, 0) is 173 Å². The van der Waals surface area contributed by atoms with Gasteiger partial charge in [0.15, 0.2) is 0 Å². The maximum absolute atomic E-state index is 10.9. The van der Waals surface area contributed by atoms with Crippen LogP contribution in [0.4, 0.5) is 0 Å². The third-order valence-electron chi connectivity index (χ3n) is 12.9. The summed E-state index contributed by atoms with van der Waals surface area (Å²) >= 11 is 0. The van der Waals surface area contributed by atoms with E-state index >= 15 is 0 Å². The minimum Gasteiger partial charge on any atom is -0.469 e. The Bertz CT molecular complexity index is 1320. The number of unbranched alkanes of at least 4 members (excludes halogenated alkanes) is 24. The van der Waals surface area contributed by atoms with Gasteiger partial charge in [0.2, 0.25) is 0 Å². The molecule has 0 spiro atoms. The Balaban J connectivity index is 0. The molecule has 2 aliphatic rings. The highest BCUT2D eigenvalue weighted by Gasteiger charge is 2.21. The lowest BCUT2D eigenvalue weighted by Crippen LogP contribution is -2.10. The van der Waals surface area contributed by atoms with Crippen LogP contribution in [0.1, 0.15) is 250 Å². The number of epoxide rings is 2. The Kier molecular flexibility index (Phi) is 59.5. The van der Waals surface area contributed by atoms with Crippen LogP contribution in [0.2, 0.25) is 0 Å². The minimum absolute atomic E-state index is 0. The molecule has 0 aromatic rings. The van der Waals surface area contributed by atoms with Gasteiger partial charge in [-0.15, -0.1) is 0 Å². The van der Waals surface area contributed by atoms with E-state index in [-0.39, 0.29) is 30.0 Å². The molecule has 3 atom stereocenters. The molecule has 0 aromatic carbocycles. The maximum Gasteiger partial charge on any atom is 0.305 e. The van der Waals surface area contributed by atoms with Crippen molar-refractivity contribution in [2.45, 2.75) is 269 Å². The first-order chi connectivity index (χ1) is 35.9. The summed E-state index contributed by atoms with van der Waals surface area (Å²) in [4.78, 5) is 32.8. The number of methoxy groups -OCH3 is 3. The van der Waals surface area contributed by atoms with Crippen molar-refractivity contribution in [1.82, 2.24) is 0 Å². The fourth-order valence-corrected chi connectivity index (χ4v) is 7.94. The van der Waals surface area contributed by atoms with Gasteiger partial charge in [-0.25, -0.2) is 0 Å². The van der Waals surface area contributed by atoms with E-state index in [9.17, 15) is 19.5 Å². The van der Waals surface area contributed by atoms with Crippen molar-refractivity contribution in [3.63, 3.8) is 0 Å². The number of hydrogen-bond donors (Lipinski definition) is 2. The zero-order valence-corrected chi connectivity index (χ0v) is 47.5. The van der Waals surface area contributed by atoms with E-state index in [0.29, 0.717) is 37.9 Å². The lowest BCUT2D eigenvalue weighted by atomic mass is 10.1. The molecule has 74 heavy (non-hydrogen) atoms. The van der Waals surface area contributed by atoms with E-state index < -0.39 is 6.10 Å². The highest BCUT2D eigenvalue weighted by atomic mass is 16.6. The lowest BCUT2D eigenvalue weighted by molar-refractivity contribution is -0.141. The van der Waals surface area contributed by atoms with Gasteiger partial charge in [0.25, 0.3) is 0 Å². The van der Waals surface area contributed by atoms with Crippen LogP contribution < -0.4 is 0 Å². The molecule has 2 fully saturated rings. The Morgan fingerprint density at radius 1 is 0.392 bits per heavy atom. The van der Waals surface area contributed by atoms with Crippen LogP contribution in [0.15, 0.2) is 72.9 Å². The molecular formula is C63H112O11. The summed E-state index contributed by atoms with van der Waals surface area (Å²) in [6, 6.07) is 0. The highest BCUT2D eigenvalue weighted by molar-refractivity contribution is 5.69. The third-order valence-corrected chi connectivity index (χ3v) is 12.9. The van der Waals surface area contributed by atoms with Crippen LogP contribution in [-0.2, 0) is 38.1 Å². The fourth-order valence-electron chi connectivity index (χ4n) is 7.94. The number of carbonyl (C=O) groups is 3. The van der Waals surface area contributed by atoms with Gasteiger partial charge in [-0.2, -0.15) is 0 Å². The van der Waals surface area contributed by atoms with Crippen LogP contribution in [0, 0.1) is 0 Å². The monoisotopic (exact) mass is 1040 g/mol. The van der Waals surface area contributed by atoms with E-state index in [0.717, 1.165) is 77.4 Å². The topological polar surface area (TPSA) is 176 Å². The number of aliphatic hydroxyl groups excluding tert-OH is 2. The average Bonchev–Trinajstić information content (AvgIpc) is 4.36. The number of allylic oxidation sites excluding steroid dienone is 12. The summed E-state index contributed by atoms with van der Waals surface area (Å²) in [6.07, 6.45) is 71.7. The number of aliphatic hydroxyl groups is 2. The third kappa shape index (κ3) is 62.9. The van der Waals surface area contributed by atoms with Crippen LogP contribution in [-0.4, -0.2) is 93.1 Å². The first-order valence-electron chi connectivity index (χ1n) is 29.5. The number of carbonyl (C=O) groups excluding carboxylic acids is 3. The minimum atomic E-state index is -0.553. The summed E-state index contributed by atoms with van der Waals surface area (Å²) in [6.45, 7) is 1.86. The van der Waals surface area contributed by atoms with Crippen molar-refractivity contribution in [3.8, 4) is 0 Å². The standard InChI is InChI=1S/C21H38O4.2C21H36O3.H2O/c1-25-21(24)18-16-14-12-10-8-6-4-2-3-5-7-9-11-13-15-17-20(23)19-22;2*1-23-21(22)18-16-14-12-10-8-6-4-2-3-5-7-9-11-13-15-17-20-19-24-20;/h9-12,20,22-23H,2-8,13-19H2,1H3;2*9-12,20H,2-8,13-19H2,1H3;1H2/b3*11-9-,12-10-;/t20-;;;/m0.../s1. The number of ether oxygens (including phenoxy) is 5. The van der Waals surface area contributed by atoms with Gasteiger partial charge < -0.3 is 39.4 Å². The molecule has 2 rings (SSSR count). The number of hydrogen-bond acceptors (Lipinski definition) is 10. The van der Waals surface area contributed by atoms with E-state index in [1.165, 1.54) is 182 Å². The van der Waals surface area contributed by atoms with Gasteiger partial charge in [-0.3, -0.25) is 14.4 Å². The molecule has 0 saturated carbocycles. The molecule has 430 valence electrons. The van der Waals surface area contributed by atoms with Crippen molar-refractivity contribution in [3.05, 3.63) is 72.9 Å². The van der Waals surface area contributed by atoms with Gasteiger partial charge in [0, 0.05) is 19.3 Å². The van der Waals surface area contributed by atoms with Crippen LogP contribution in [0.5, 0.6) is 0 Å². The summed E-state index contributed by atoms with van der Waals surface area (Å²) in [7, 11) is 4.32. The normalized spacial score (nSPS) is 15.4. The largest absolute Gasteiger partial charge is 0.469 e. The van der Waals surface area contributed by atoms with E-state index in [4.69, 9.17) is 14.6 Å². The van der Waals surface area contributed by atoms with Crippen molar-refractivity contribution in [2.24, 2.45) is 0 Å². The second-order valence-electron chi connectivity index (χ2n) is 19.8. The lowest BCUT2D eigenvalue weighted by Gasteiger charge is -2.03.